The third-order valence-electron chi connectivity index (χ3n) is 5.54. The fourth-order valence-electron chi connectivity index (χ4n) is 3.87. The topological polar surface area (TPSA) is 79.7 Å². The van der Waals surface area contributed by atoms with E-state index in [0.29, 0.717) is 17.1 Å². The minimum atomic E-state index is -0.798. The van der Waals surface area contributed by atoms with E-state index in [0.717, 1.165) is 16.7 Å². The van der Waals surface area contributed by atoms with E-state index >= 15 is 0 Å². The molecule has 1 aliphatic heterocycles. The predicted molar refractivity (Wildman–Crippen MR) is 125 cm³/mol. The molecule has 0 spiro atoms. The van der Waals surface area contributed by atoms with Crippen LogP contribution in [0.4, 0.5) is 0 Å². The molecule has 2 N–H and O–H groups in total. The highest BCUT2D eigenvalue weighted by Crippen LogP contribution is 2.27. The van der Waals surface area contributed by atoms with Gasteiger partial charge in [0.1, 0.15) is 11.5 Å². The molecule has 168 valence electrons. The van der Waals surface area contributed by atoms with Crippen molar-refractivity contribution in [1.29, 1.82) is 0 Å². The van der Waals surface area contributed by atoms with Crippen LogP contribution in [0, 0.1) is 6.92 Å². The number of hydrazine groups is 1. The van der Waals surface area contributed by atoms with Gasteiger partial charge in [0.15, 0.2) is 6.04 Å². The van der Waals surface area contributed by atoms with Crippen LogP contribution in [0.5, 0.6) is 11.5 Å². The largest absolute Gasteiger partial charge is 0.497 e. The molecule has 3 aromatic rings. The first-order valence-electron chi connectivity index (χ1n) is 10.6. The van der Waals surface area contributed by atoms with Crippen molar-refractivity contribution in [2.45, 2.75) is 19.0 Å². The van der Waals surface area contributed by atoms with Crippen LogP contribution in [0.2, 0.25) is 0 Å². The highest BCUT2D eigenvalue weighted by molar-refractivity contribution is 5.98. The molecule has 1 fully saturated rings. The Morgan fingerprint density at radius 1 is 0.970 bits per heavy atom. The smallest absolute Gasteiger partial charge is 0.304 e. The van der Waals surface area contributed by atoms with Gasteiger partial charge in [-0.2, -0.15) is 0 Å². The summed E-state index contributed by atoms with van der Waals surface area (Å²) in [5.74, 6) is 0.816. The van der Waals surface area contributed by atoms with Crippen molar-refractivity contribution < 1.29 is 23.7 Å². The van der Waals surface area contributed by atoms with Crippen molar-refractivity contribution in [3.63, 3.8) is 0 Å². The van der Waals surface area contributed by atoms with Crippen molar-refractivity contribution in [3.8, 4) is 11.5 Å². The van der Waals surface area contributed by atoms with Crippen LogP contribution in [0.1, 0.15) is 33.1 Å². The van der Waals surface area contributed by atoms with Crippen molar-refractivity contribution in [1.82, 2.24) is 10.7 Å². The Labute approximate surface area is 192 Å². The van der Waals surface area contributed by atoms with Crippen molar-refractivity contribution >= 4 is 18.0 Å². The minimum Gasteiger partial charge on any atom is -0.497 e. The maximum Gasteiger partial charge on any atom is 0.304 e. The summed E-state index contributed by atoms with van der Waals surface area (Å²) < 4.78 is 12.3. The Balaban J connectivity index is 1.71. The van der Waals surface area contributed by atoms with Crippen molar-refractivity contribution in [2.24, 2.45) is 0 Å². The fraction of sp³-hybridized carbons (Fsp3) is 0.192. The van der Waals surface area contributed by atoms with Gasteiger partial charge in [0, 0.05) is 16.7 Å². The van der Waals surface area contributed by atoms with E-state index in [4.69, 9.17) is 9.47 Å². The Kier molecular flexibility index (Phi) is 6.40. The predicted octanol–water partition coefficient (Wildman–Crippen LogP) is 3.03. The number of methoxy groups -OCH3 is 2. The standard InChI is InChI=1S/C26H25N3O4/c1-17-6-4-8-20(14-17)25(30)27-23-24(19-10-12-21(32-2)13-11-19)29(28-26(23)31)16-18-7-5-9-22(15-18)33-3/h4-16,23-24H,1-3H3,(H-,27,28,30,31)/p+1/b29-16-/t23-,24+/m1/s1. The van der Waals surface area contributed by atoms with Crippen molar-refractivity contribution in [2.75, 3.05) is 14.2 Å². The van der Waals surface area contributed by atoms with Gasteiger partial charge in [0.05, 0.1) is 14.2 Å². The number of hydrogen-bond acceptors (Lipinski definition) is 4. The number of ether oxygens (including phenoxy) is 2. The normalized spacial score (nSPS) is 18.6. The summed E-state index contributed by atoms with van der Waals surface area (Å²) >= 11 is 0. The third-order valence-corrected chi connectivity index (χ3v) is 5.54. The maximum absolute atomic E-state index is 13.0. The zero-order chi connectivity index (χ0) is 23.4. The molecule has 33 heavy (non-hydrogen) atoms. The zero-order valence-corrected chi connectivity index (χ0v) is 18.7. The highest BCUT2D eigenvalue weighted by Gasteiger charge is 2.47. The van der Waals surface area contributed by atoms with E-state index in [1.807, 2.05) is 73.8 Å². The van der Waals surface area contributed by atoms with Crippen LogP contribution in [0.3, 0.4) is 0 Å². The van der Waals surface area contributed by atoms with E-state index < -0.39 is 12.1 Å². The maximum atomic E-state index is 13.0. The number of hydrazone groups is 1. The van der Waals surface area contributed by atoms with E-state index in [1.165, 1.54) is 0 Å². The molecule has 7 nitrogen and oxygen atoms in total. The van der Waals surface area contributed by atoms with Gasteiger partial charge in [-0.1, -0.05) is 23.8 Å². The summed E-state index contributed by atoms with van der Waals surface area (Å²) in [6.45, 7) is 1.92. The lowest BCUT2D eigenvalue weighted by atomic mass is 9.99. The number of nitrogens with zero attached hydrogens (tertiary/aromatic N) is 1. The van der Waals surface area contributed by atoms with Gasteiger partial charge in [0.2, 0.25) is 12.3 Å². The first-order chi connectivity index (χ1) is 16.0. The molecule has 1 heterocycles. The second-order valence-electron chi connectivity index (χ2n) is 7.83. The van der Waals surface area contributed by atoms with Crippen LogP contribution >= 0.6 is 0 Å². The quantitative estimate of drug-likeness (QED) is 0.573. The lowest BCUT2D eigenvalue weighted by Crippen LogP contribution is -2.42. The molecular weight excluding hydrogens is 418 g/mol. The summed E-state index contributed by atoms with van der Waals surface area (Å²) in [6, 6.07) is 21.0. The number of carbonyl (C=O) groups excluding carboxylic acids is 2. The number of hydrogen-bond donors (Lipinski definition) is 2. The van der Waals surface area contributed by atoms with Crippen LogP contribution in [0.25, 0.3) is 0 Å². The molecule has 7 heteroatoms. The Morgan fingerprint density at radius 2 is 1.70 bits per heavy atom. The van der Waals surface area contributed by atoms with Gasteiger partial charge in [0.25, 0.3) is 5.91 Å². The summed E-state index contributed by atoms with van der Waals surface area (Å²) in [5.41, 5.74) is 6.06. The highest BCUT2D eigenvalue weighted by atomic mass is 16.5. The van der Waals surface area contributed by atoms with Gasteiger partial charge in [-0.05, 0) is 61.5 Å². The molecule has 2 atom stereocenters. The SMILES string of the molecule is COc1ccc([C@H]2[C@@H](NC(=O)c3cccc(C)c3)C(=O)N/[N+]2=C\c2cccc(OC)c2)cc1. The Morgan fingerprint density at radius 3 is 2.39 bits per heavy atom. The molecule has 3 aromatic carbocycles. The van der Waals surface area contributed by atoms with Crippen LogP contribution in [0.15, 0.2) is 72.8 Å². The summed E-state index contributed by atoms with van der Waals surface area (Å²) in [5, 5.41) is 2.92. The van der Waals surface area contributed by atoms with Gasteiger partial charge >= 0.3 is 5.91 Å². The van der Waals surface area contributed by atoms with Gasteiger partial charge in [-0.15, -0.1) is 10.1 Å². The van der Waals surface area contributed by atoms with Crippen LogP contribution in [-0.2, 0) is 4.79 Å². The van der Waals surface area contributed by atoms with Gasteiger partial charge < -0.3 is 14.8 Å². The molecule has 0 bridgehead atoms. The average Bonchev–Trinajstić information content (AvgIpc) is 3.13. The second kappa shape index (κ2) is 9.56. The lowest BCUT2D eigenvalue weighted by molar-refractivity contribution is -0.596. The molecule has 0 aliphatic carbocycles. The molecule has 1 aliphatic rings. The fourth-order valence-corrected chi connectivity index (χ4v) is 3.87. The molecule has 0 unspecified atom stereocenters. The van der Waals surface area contributed by atoms with Gasteiger partial charge in [-0.25, -0.2) is 0 Å². The summed E-state index contributed by atoms with van der Waals surface area (Å²) in [7, 11) is 3.21. The third kappa shape index (κ3) is 4.87. The molecule has 4 rings (SSSR count). The van der Waals surface area contributed by atoms with Crippen molar-refractivity contribution in [3.05, 3.63) is 95.1 Å². The molecule has 0 aromatic heterocycles. The summed E-state index contributed by atoms with van der Waals surface area (Å²) in [4.78, 5) is 26.0. The number of amides is 2. The monoisotopic (exact) mass is 444 g/mol. The van der Waals surface area contributed by atoms with Gasteiger partial charge in [-0.3, -0.25) is 9.59 Å². The summed E-state index contributed by atoms with van der Waals surface area (Å²) in [6.07, 6.45) is 1.83. The number of rotatable bonds is 6. The number of aryl methyl sites for hydroxylation is 1. The Hall–Kier alpha value is -4.13. The number of nitrogens with one attached hydrogen (secondary N) is 2. The Bertz CT molecular complexity index is 1200. The zero-order valence-electron chi connectivity index (χ0n) is 18.7. The molecule has 0 saturated carbocycles. The first-order valence-corrected chi connectivity index (χ1v) is 10.6. The molecular formula is C26H26N3O4+. The van der Waals surface area contributed by atoms with E-state index in [1.54, 1.807) is 31.0 Å². The molecule has 1 saturated heterocycles. The van der Waals surface area contributed by atoms with Crippen LogP contribution < -0.4 is 20.2 Å². The number of carbonyl (C=O) groups is 2. The molecule has 2 amide bonds. The van der Waals surface area contributed by atoms with E-state index in [-0.39, 0.29) is 11.8 Å². The van der Waals surface area contributed by atoms with E-state index in [9.17, 15) is 9.59 Å². The lowest BCUT2D eigenvalue weighted by Gasteiger charge is -2.15. The van der Waals surface area contributed by atoms with E-state index in [2.05, 4.69) is 10.7 Å². The first kappa shape index (κ1) is 22.1. The molecule has 0 radical (unpaired) electrons. The minimum absolute atomic E-state index is 0.295. The average molecular weight is 445 g/mol. The number of benzene rings is 3. The second-order valence-corrected chi connectivity index (χ2v) is 7.83. The van der Waals surface area contributed by atoms with Crippen LogP contribution in [-0.4, -0.2) is 43.0 Å².